The van der Waals surface area contributed by atoms with E-state index < -0.39 is 6.36 Å². The SMILES string of the molecule is CC.CCC.NC1CCC(C(=O)N2CCc3ncc(OC(F)(F)F)cc3C2)C1. The van der Waals surface area contributed by atoms with Crippen LogP contribution in [-0.2, 0) is 17.8 Å². The van der Waals surface area contributed by atoms with Crippen molar-refractivity contribution in [3.63, 3.8) is 0 Å². The number of carbonyl (C=O) groups is 1. The molecule has 2 unspecified atom stereocenters. The lowest BCUT2D eigenvalue weighted by atomic mass is 10.0. The Morgan fingerprint density at radius 2 is 1.96 bits per heavy atom. The second kappa shape index (κ2) is 11.2. The maximum atomic E-state index is 12.5. The van der Waals surface area contributed by atoms with Gasteiger partial charge in [0.05, 0.1) is 6.20 Å². The monoisotopic (exact) mass is 403 g/mol. The first-order valence-corrected chi connectivity index (χ1v) is 10.0. The summed E-state index contributed by atoms with van der Waals surface area (Å²) in [6.07, 6.45) is 0.397. The van der Waals surface area contributed by atoms with Crippen molar-refractivity contribution in [2.24, 2.45) is 11.7 Å². The van der Waals surface area contributed by atoms with Crippen LogP contribution in [0, 0.1) is 5.92 Å². The summed E-state index contributed by atoms with van der Waals surface area (Å²) in [7, 11) is 0. The number of aromatic nitrogens is 1. The zero-order chi connectivity index (χ0) is 21.3. The van der Waals surface area contributed by atoms with Crippen molar-refractivity contribution in [2.45, 2.75) is 78.7 Å². The summed E-state index contributed by atoms with van der Waals surface area (Å²) in [6.45, 7) is 9.05. The molecule has 0 aromatic carbocycles. The Balaban J connectivity index is 0.000000717. The topological polar surface area (TPSA) is 68.5 Å². The van der Waals surface area contributed by atoms with E-state index in [1.807, 2.05) is 13.8 Å². The van der Waals surface area contributed by atoms with Gasteiger partial charge >= 0.3 is 6.36 Å². The largest absolute Gasteiger partial charge is 0.573 e. The summed E-state index contributed by atoms with van der Waals surface area (Å²) >= 11 is 0. The standard InChI is InChI=1S/C15H18F3N3O2.C3H8.C2H6/c16-15(17,18)23-12-6-10-8-21(4-3-13(10)20-7-12)14(22)9-1-2-11(19)5-9;1-3-2;1-2/h6-7,9,11H,1-5,8,19H2;3H2,1-2H3;1-2H3. The molecule has 0 radical (unpaired) electrons. The molecule has 3 rings (SSSR count). The molecule has 28 heavy (non-hydrogen) atoms. The minimum absolute atomic E-state index is 0.0331. The van der Waals surface area contributed by atoms with Crippen LogP contribution in [0.15, 0.2) is 12.3 Å². The Bertz CT molecular complexity index is 623. The van der Waals surface area contributed by atoms with E-state index in [-0.39, 0.29) is 30.2 Å². The third-order valence-corrected chi connectivity index (χ3v) is 4.38. The number of fused-ring (bicyclic) bond motifs is 1. The fourth-order valence-electron chi connectivity index (χ4n) is 3.28. The predicted molar refractivity (Wildman–Crippen MR) is 103 cm³/mol. The number of alkyl halides is 3. The van der Waals surface area contributed by atoms with Crippen LogP contribution < -0.4 is 10.5 Å². The zero-order valence-electron chi connectivity index (χ0n) is 17.2. The summed E-state index contributed by atoms with van der Waals surface area (Å²) in [4.78, 5) is 18.2. The normalized spacial score (nSPS) is 20.9. The molecule has 8 heteroatoms. The van der Waals surface area contributed by atoms with E-state index in [1.54, 1.807) is 4.90 Å². The minimum atomic E-state index is -4.75. The van der Waals surface area contributed by atoms with E-state index in [4.69, 9.17) is 5.73 Å². The maximum Gasteiger partial charge on any atom is 0.573 e. The molecular formula is C20H32F3N3O2. The first kappa shape index (κ1) is 24.2. The fraction of sp³-hybridized carbons (Fsp3) is 0.700. The Labute approximate surface area is 165 Å². The van der Waals surface area contributed by atoms with Gasteiger partial charge in [-0.1, -0.05) is 34.1 Å². The van der Waals surface area contributed by atoms with Crippen molar-refractivity contribution in [3.8, 4) is 5.75 Å². The molecule has 1 amide bonds. The second-order valence-corrected chi connectivity index (χ2v) is 6.81. The molecule has 1 saturated carbocycles. The average molecular weight is 403 g/mol. The highest BCUT2D eigenvalue weighted by molar-refractivity contribution is 5.79. The van der Waals surface area contributed by atoms with Gasteiger partial charge in [-0.05, 0) is 30.9 Å². The molecule has 2 N–H and O–H groups in total. The van der Waals surface area contributed by atoms with Crippen molar-refractivity contribution in [1.82, 2.24) is 9.88 Å². The first-order valence-electron chi connectivity index (χ1n) is 10.0. The van der Waals surface area contributed by atoms with Crippen LogP contribution in [0.25, 0.3) is 0 Å². The van der Waals surface area contributed by atoms with Gasteiger partial charge in [-0.2, -0.15) is 0 Å². The number of rotatable bonds is 2. The van der Waals surface area contributed by atoms with Crippen LogP contribution in [0.2, 0.25) is 0 Å². The molecule has 160 valence electrons. The van der Waals surface area contributed by atoms with E-state index in [0.717, 1.165) is 19.0 Å². The first-order chi connectivity index (χ1) is 13.2. The summed E-state index contributed by atoms with van der Waals surface area (Å²) < 4.78 is 40.8. The van der Waals surface area contributed by atoms with Gasteiger partial charge in [-0.25, -0.2) is 0 Å². The summed E-state index contributed by atoms with van der Waals surface area (Å²) in [5.74, 6) is -0.395. The van der Waals surface area contributed by atoms with E-state index in [9.17, 15) is 18.0 Å². The lowest BCUT2D eigenvalue weighted by Crippen LogP contribution is -2.39. The third-order valence-electron chi connectivity index (χ3n) is 4.38. The molecule has 0 spiro atoms. The molecule has 0 saturated heterocycles. The van der Waals surface area contributed by atoms with Crippen LogP contribution >= 0.6 is 0 Å². The summed E-state index contributed by atoms with van der Waals surface area (Å²) in [5.41, 5.74) is 7.16. The highest BCUT2D eigenvalue weighted by Crippen LogP contribution is 2.30. The molecular weight excluding hydrogens is 371 g/mol. The second-order valence-electron chi connectivity index (χ2n) is 6.81. The maximum absolute atomic E-state index is 12.5. The van der Waals surface area contributed by atoms with E-state index >= 15 is 0 Å². The number of pyridine rings is 1. The minimum Gasteiger partial charge on any atom is -0.404 e. The van der Waals surface area contributed by atoms with Crippen molar-refractivity contribution in [2.75, 3.05) is 6.54 Å². The molecule has 1 aromatic heterocycles. The van der Waals surface area contributed by atoms with Gasteiger partial charge in [0.15, 0.2) is 0 Å². The van der Waals surface area contributed by atoms with Crippen molar-refractivity contribution in [1.29, 1.82) is 0 Å². The third kappa shape index (κ3) is 7.30. The van der Waals surface area contributed by atoms with Crippen molar-refractivity contribution < 1.29 is 22.7 Å². The van der Waals surface area contributed by atoms with E-state index in [1.165, 1.54) is 12.5 Å². The van der Waals surface area contributed by atoms with Gasteiger partial charge in [-0.15, -0.1) is 13.2 Å². The molecule has 2 atom stereocenters. The average Bonchev–Trinajstić information content (AvgIpc) is 3.08. The lowest BCUT2D eigenvalue weighted by molar-refractivity contribution is -0.274. The Morgan fingerprint density at radius 1 is 1.32 bits per heavy atom. The van der Waals surface area contributed by atoms with Crippen molar-refractivity contribution in [3.05, 3.63) is 23.5 Å². The zero-order valence-corrected chi connectivity index (χ0v) is 17.2. The molecule has 1 fully saturated rings. The van der Waals surface area contributed by atoms with E-state index in [0.29, 0.717) is 30.6 Å². The molecule has 1 aliphatic carbocycles. The molecule has 2 heterocycles. The van der Waals surface area contributed by atoms with Gasteiger partial charge in [-0.3, -0.25) is 9.78 Å². The van der Waals surface area contributed by atoms with Crippen LogP contribution in [0.5, 0.6) is 5.75 Å². The van der Waals surface area contributed by atoms with Crippen LogP contribution in [-0.4, -0.2) is 34.7 Å². The Kier molecular flexibility index (Phi) is 9.72. The molecule has 2 aliphatic rings. The van der Waals surface area contributed by atoms with E-state index in [2.05, 4.69) is 23.6 Å². The number of amides is 1. The van der Waals surface area contributed by atoms with Gasteiger partial charge in [0, 0.05) is 37.2 Å². The highest BCUT2D eigenvalue weighted by Gasteiger charge is 2.34. The van der Waals surface area contributed by atoms with Crippen molar-refractivity contribution >= 4 is 5.91 Å². The Morgan fingerprint density at radius 3 is 2.50 bits per heavy atom. The Hall–Kier alpha value is -1.83. The number of nitrogens with zero attached hydrogens (tertiary/aromatic N) is 2. The quantitative estimate of drug-likeness (QED) is 0.793. The molecule has 5 nitrogen and oxygen atoms in total. The number of carbonyl (C=O) groups excluding carboxylic acids is 1. The fourth-order valence-corrected chi connectivity index (χ4v) is 3.28. The number of nitrogens with two attached hydrogens (primary N) is 1. The van der Waals surface area contributed by atoms with Crippen LogP contribution in [0.3, 0.4) is 0 Å². The van der Waals surface area contributed by atoms with Crippen LogP contribution in [0.4, 0.5) is 13.2 Å². The molecule has 0 bridgehead atoms. The van der Waals surface area contributed by atoms with Gasteiger partial charge in [0.2, 0.25) is 5.91 Å². The van der Waals surface area contributed by atoms with Gasteiger partial charge < -0.3 is 15.4 Å². The number of halogens is 3. The predicted octanol–water partition coefficient (Wildman–Crippen LogP) is 4.43. The number of hydrogen-bond donors (Lipinski definition) is 1. The molecule has 1 aromatic rings. The molecule has 1 aliphatic heterocycles. The van der Waals surface area contributed by atoms with Crippen LogP contribution in [0.1, 0.15) is 64.6 Å². The number of ether oxygens (including phenoxy) is 1. The van der Waals surface area contributed by atoms with Gasteiger partial charge in [0.1, 0.15) is 5.75 Å². The smallest absolute Gasteiger partial charge is 0.404 e. The lowest BCUT2D eigenvalue weighted by Gasteiger charge is -2.30. The summed E-state index contributed by atoms with van der Waals surface area (Å²) in [6, 6.07) is 1.38. The number of hydrogen-bond acceptors (Lipinski definition) is 4. The summed E-state index contributed by atoms with van der Waals surface area (Å²) in [5, 5.41) is 0. The highest BCUT2D eigenvalue weighted by atomic mass is 19.4. The van der Waals surface area contributed by atoms with Gasteiger partial charge in [0.25, 0.3) is 0 Å².